The summed E-state index contributed by atoms with van der Waals surface area (Å²) in [6.45, 7) is 1.95. The summed E-state index contributed by atoms with van der Waals surface area (Å²) in [5.41, 5.74) is 3.10. The molecule has 0 amide bonds. The second-order valence-electron chi connectivity index (χ2n) is 6.49. The van der Waals surface area contributed by atoms with Crippen molar-refractivity contribution in [1.82, 2.24) is 9.55 Å². The van der Waals surface area contributed by atoms with Gasteiger partial charge in [-0.2, -0.15) is 0 Å². The van der Waals surface area contributed by atoms with E-state index in [9.17, 15) is 14.0 Å². The predicted molar refractivity (Wildman–Crippen MR) is 109 cm³/mol. The molecule has 0 saturated carbocycles. The minimum atomic E-state index is -0.409. The molecule has 0 unspecified atom stereocenters. The Kier molecular flexibility index (Phi) is 4.88. The van der Waals surface area contributed by atoms with Gasteiger partial charge in [0.05, 0.1) is 18.3 Å². The third-order valence-corrected chi connectivity index (χ3v) is 5.60. The van der Waals surface area contributed by atoms with Crippen molar-refractivity contribution in [3.8, 4) is 11.1 Å². The van der Waals surface area contributed by atoms with Gasteiger partial charge in [0, 0.05) is 16.5 Å². The van der Waals surface area contributed by atoms with Crippen LogP contribution in [0.15, 0.2) is 65.0 Å². The first-order valence-corrected chi connectivity index (χ1v) is 9.79. The van der Waals surface area contributed by atoms with Crippen LogP contribution in [0, 0.1) is 5.82 Å². The van der Waals surface area contributed by atoms with Crippen molar-refractivity contribution in [2.75, 3.05) is 0 Å². The van der Waals surface area contributed by atoms with Gasteiger partial charge in [-0.05, 0) is 41.8 Å². The second-order valence-corrected chi connectivity index (χ2v) is 7.35. The molecule has 140 valence electrons. The molecule has 0 N–H and O–H groups in total. The summed E-state index contributed by atoms with van der Waals surface area (Å²) in [5.74, 6) is -0.680. The van der Waals surface area contributed by atoms with Crippen molar-refractivity contribution < 1.29 is 9.18 Å². The average molecular weight is 392 g/mol. The second kappa shape index (κ2) is 7.48. The first-order valence-electron chi connectivity index (χ1n) is 8.91. The van der Waals surface area contributed by atoms with E-state index in [-0.39, 0.29) is 17.9 Å². The zero-order valence-electron chi connectivity index (χ0n) is 15.2. The molecule has 0 aliphatic heterocycles. The van der Waals surface area contributed by atoms with Crippen LogP contribution in [0.5, 0.6) is 0 Å². The molecule has 2 heterocycles. The Morgan fingerprint density at radius 1 is 1.11 bits per heavy atom. The van der Waals surface area contributed by atoms with Crippen molar-refractivity contribution in [1.29, 1.82) is 0 Å². The summed E-state index contributed by atoms with van der Waals surface area (Å²) >= 11 is 1.41. The molecule has 0 aliphatic rings. The largest absolute Gasteiger partial charge is 0.292 e. The fourth-order valence-electron chi connectivity index (χ4n) is 3.09. The minimum Gasteiger partial charge on any atom is -0.292 e. The molecule has 4 aromatic rings. The highest BCUT2D eigenvalue weighted by atomic mass is 32.1. The van der Waals surface area contributed by atoms with E-state index in [2.05, 4.69) is 11.9 Å². The van der Waals surface area contributed by atoms with Gasteiger partial charge in [-0.3, -0.25) is 14.2 Å². The van der Waals surface area contributed by atoms with E-state index in [1.54, 1.807) is 0 Å². The van der Waals surface area contributed by atoms with Crippen LogP contribution in [0.4, 0.5) is 4.39 Å². The SMILES string of the molecule is CCc1ccc(-c2csc3ncn(CC(=O)c4ccc(F)cc4)c(=O)c23)cc1. The highest BCUT2D eigenvalue weighted by molar-refractivity contribution is 7.17. The van der Waals surface area contributed by atoms with E-state index < -0.39 is 5.82 Å². The van der Waals surface area contributed by atoms with Crippen LogP contribution in [0.1, 0.15) is 22.8 Å². The van der Waals surface area contributed by atoms with Gasteiger partial charge in [0.2, 0.25) is 0 Å². The number of hydrogen-bond acceptors (Lipinski definition) is 4. The number of benzene rings is 2. The third-order valence-electron chi connectivity index (χ3n) is 4.71. The monoisotopic (exact) mass is 392 g/mol. The Labute approximate surface area is 164 Å². The number of Topliss-reactive ketones (excluding diaryl/α,β-unsaturated/α-hetero) is 1. The Morgan fingerprint density at radius 2 is 1.82 bits per heavy atom. The molecule has 2 aromatic carbocycles. The summed E-state index contributed by atoms with van der Waals surface area (Å²) < 4.78 is 14.4. The maximum Gasteiger partial charge on any atom is 0.263 e. The highest BCUT2D eigenvalue weighted by Crippen LogP contribution is 2.30. The number of nitrogens with zero attached hydrogens (tertiary/aromatic N) is 2. The molecule has 28 heavy (non-hydrogen) atoms. The van der Waals surface area contributed by atoms with Gasteiger partial charge in [-0.15, -0.1) is 11.3 Å². The highest BCUT2D eigenvalue weighted by Gasteiger charge is 2.15. The van der Waals surface area contributed by atoms with Gasteiger partial charge in [-0.1, -0.05) is 31.2 Å². The lowest BCUT2D eigenvalue weighted by molar-refractivity contribution is 0.0970. The fourth-order valence-corrected chi connectivity index (χ4v) is 4.00. The van der Waals surface area contributed by atoms with Crippen LogP contribution in [0.25, 0.3) is 21.3 Å². The van der Waals surface area contributed by atoms with Gasteiger partial charge in [-0.25, -0.2) is 9.37 Å². The third kappa shape index (κ3) is 3.39. The Hall–Kier alpha value is -3.12. The number of hydrogen-bond donors (Lipinski definition) is 0. The number of halogens is 1. The molecule has 4 nitrogen and oxygen atoms in total. The smallest absolute Gasteiger partial charge is 0.263 e. The summed E-state index contributed by atoms with van der Waals surface area (Å²) in [5, 5.41) is 2.44. The van der Waals surface area contributed by atoms with Crippen molar-refractivity contribution in [3.63, 3.8) is 0 Å². The first-order chi connectivity index (χ1) is 13.6. The van der Waals surface area contributed by atoms with E-state index >= 15 is 0 Å². The molecule has 0 spiro atoms. The lowest BCUT2D eigenvalue weighted by atomic mass is 10.0. The molecule has 6 heteroatoms. The maximum atomic E-state index is 13.1. The zero-order valence-corrected chi connectivity index (χ0v) is 16.0. The number of aryl methyl sites for hydroxylation is 1. The Bertz CT molecular complexity index is 1210. The van der Waals surface area contributed by atoms with Crippen molar-refractivity contribution in [2.24, 2.45) is 0 Å². The molecular formula is C22H17FN2O2S. The molecule has 4 rings (SSSR count). The Balaban J connectivity index is 1.72. The van der Waals surface area contributed by atoms with Crippen molar-refractivity contribution >= 4 is 27.3 Å². The maximum absolute atomic E-state index is 13.1. The number of aromatic nitrogens is 2. The number of rotatable bonds is 5. The van der Waals surface area contributed by atoms with E-state index in [0.29, 0.717) is 15.8 Å². The first kappa shape index (κ1) is 18.3. The van der Waals surface area contributed by atoms with E-state index in [1.165, 1.54) is 52.1 Å². The topological polar surface area (TPSA) is 52.0 Å². The van der Waals surface area contributed by atoms with E-state index in [4.69, 9.17) is 0 Å². The number of carbonyl (C=O) groups is 1. The van der Waals surface area contributed by atoms with Gasteiger partial charge in [0.1, 0.15) is 10.6 Å². The molecule has 0 aliphatic carbocycles. The van der Waals surface area contributed by atoms with Crippen LogP contribution in [-0.4, -0.2) is 15.3 Å². The standard InChI is InChI=1S/C22H17FN2O2S/c1-2-14-3-5-15(6-4-14)18-12-28-21-20(18)22(27)25(13-24-21)11-19(26)16-7-9-17(23)10-8-16/h3-10,12-13H,2,11H2,1H3. The molecule has 0 bridgehead atoms. The van der Waals surface area contributed by atoms with Gasteiger partial charge in [0.15, 0.2) is 5.78 Å². The quantitative estimate of drug-likeness (QED) is 0.462. The van der Waals surface area contributed by atoms with Gasteiger partial charge in [0.25, 0.3) is 5.56 Å². The minimum absolute atomic E-state index is 0.141. The van der Waals surface area contributed by atoms with Crippen molar-refractivity contribution in [3.05, 3.63) is 87.5 Å². The lowest BCUT2D eigenvalue weighted by Crippen LogP contribution is -2.24. The summed E-state index contributed by atoms with van der Waals surface area (Å²) in [4.78, 5) is 30.5. The van der Waals surface area contributed by atoms with E-state index in [1.807, 2.05) is 29.6 Å². The summed E-state index contributed by atoms with van der Waals surface area (Å²) in [7, 11) is 0. The van der Waals surface area contributed by atoms with Gasteiger partial charge >= 0.3 is 0 Å². The van der Waals surface area contributed by atoms with Crippen LogP contribution in [-0.2, 0) is 13.0 Å². The molecule has 0 radical (unpaired) electrons. The molecular weight excluding hydrogens is 375 g/mol. The molecule has 2 aromatic heterocycles. The summed E-state index contributed by atoms with van der Waals surface area (Å²) in [6, 6.07) is 13.4. The number of thiophene rings is 1. The molecule has 0 atom stereocenters. The zero-order chi connectivity index (χ0) is 19.7. The van der Waals surface area contributed by atoms with Gasteiger partial charge < -0.3 is 0 Å². The number of ketones is 1. The van der Waals surface area contributed by atoms with Crippen LogP contribution >= 0.6 is 11.3 Å². The van der Waals surface area contributed by atoms with Crippen LogP contribution in [0.3, 0.4) is 0 Å². The fraction of sp³-hybridized carbons (Fsp3) is 0.136. The average Bonchev–Trinajstić information content (AvgIpc) is 3.15. The van der Waals surface area contributed by atoms with Crippen LogP contribution < -0.4 is 5.56 Å². The number of fused-ring (bicyclic) bond motifs is 1. The normalized spacial score (nSPS) is 11.1. The predicted octanol–water partition coefficient (Wildman–Crippen LogP) is 4.71. The summed E-state index contributed by atoms with van der Waals surface area (Å²) in [6.07, 6.45) is 2.34. The van der Waals surface area contributed by atoms with Crippen molar-refractivity contribution in [2.45, 2.75) is 19.9 Å². The lowest BCUT2D eigenvalue weighted by Gasteiger charge is -2.06. The number of carbonyl (C=O) groups excluding carboxylic acids is 1. The Morgan fingerprint density at radius 3 is 2.50 bits per heavy atom. The molecule has 0 fully saturated rings. The van der Waals surface area contributed by atoms with E-state index in [0.717, 1.165) is 17.5 Å². The van der Waals surface area contributed by atoms with Crippen LogP contribution in [0.2, 0.25) is 0 Å². The molecule has 0 saturated heterocycles.